The molecule has 1 heterocycles. The maximum Gasteiger partial charge on any atom is 1.00 e. The first kappa shape index (κ1) is 30.9. The van der Waals surface area contributed by atoms with Crippen LogP contribution in [0.2, 0.25) is 0 Å². The Balaban J connectivity index is -0.000000536. The molecule has 0 radical (unpaired) electrons. The number of hydrogen-bond donors (Lipinski definition) is 0. The molecule has 0 N–H and O–H groups in total. The standard InChI is InChI=1S/C14H11NO2.C3H7O.CHS.2K/c1-10-5-7-12-11(4-3-9-16)6-8-13(17-2)14(12)15-10;1-3-4-2;1-2;;/h3,5-8H,1-2H3;1,3H2,2H3;1H;;/q-2;2*-1;2*+1. The van der Waals surface area contributed by atoms with Gasteiger partial charge in [0.15, 0.2) is 0 Å². The Labute approximate surface area is 241 Å². The van der Waals surface area contributed by atoms with Crippen molar-refractivity contribution in [2.24, 2.45) is 0 Å². The number of aromatic nitrogens is 1. The number of nitrogens with zero attached hydrogens (tertiary/aromatic N) is 1. The summed E-state index contributed by atoms with van der Waals surface area (Å²) in [7, 11) is 3.23. The number of hydrogen-bond acceptors (Lipinski definition) is 5. The predicted octanol–water partition coefficient (Wildman–Crippen LogP) is -2.66. The number of benzene rings is 1. The average Bonchev–Trinajstić information content (AvgIpc) is 2.61. The van der Waals surface area contributed by atoms with Crippen LogP contribution < -0.4 is 108 Å². The second-order valence-electron chi connectivity index (χ2n) is 4.06. The molecule has 0 bridgehead atoms. The van der Waals surface area contributed by atoms with Gasteiger partial charge in [0.25, 0.3) is 0 Å². The zero-order valence-electron chi connectivity index (χ0n) is 15.5. The van der Waals surface area contributed by atoms with Crippen LogP contribution in [0.15, 0.2) is 30.3 Å². The largest absolute Gasteiger partial charge is 1.00 e. The Morgan fingerprint density at radius 3 is 2.32 bits per heavy atom. The van der Waals surface area contributed by atoms with Crippen LogP contribution in [0.1, 0.15) is 11.3 Å². The van der Waals surface area contributed by atoms with Gasteiger partial charge in [-0.2, -0.15) is 5.39 Å². The molecule has 0 aliphatic rings. The SMILES string of the molecule is COc1ccc([C-]=C[C-]=O)c2ccc(C)nc12.[CH-]=S.[CH2-]COC.[K+].[K+]. The predicted molar refractivity (Wildman–Crippen MR) is 96.5 cm³/mol. The molecule has 124 valence electrons. The van der Waals surface area contributed by atoms with E-state index in [9.17, 15) is 4.79 Å². The first-order valence-corrected chi connectivity index (χ1v) is 7.07. The molecule has 1 aromatic heterocycles. The minimum absolute atomic E-state index is 0. The van der Waals surface area contributed by atoms with Crippen molar-refractivity contribution in [3.8, 4) is 5.75 Å². The smallest absolute Gasteiger partial charge is 0.498 e. The Morgan fingerprint density at radius 1 is 1.24 bits per heavy atom. The first-order chi connectivity index (χ1) is 11.2. The van der Waals surface area contributed by atoms with Gasteiger partial charge in [0.1, 0.15) is 5.75 Å². The molecule has 0 fully saturated rings. The summed E-state index contributed by atoms with van der Waals surface area (Å²) in [5, 5.41) is 0.904. The average molecular weight is 408 g/mol. The Hall–Kier alpha value is 1.16. The third kappa shape index (κ3) is 11.6. The number of allylic oxidation sites excluding steroid dienone is 1. The van der Waals surface area contributed by atoms with Gasteiger partial charge >= 0.3 is 103 Å². The third-order valence-corrected chi connectivity index (χ3v) is 2.67. The van der Waals surface area contributed by atoms with E-state index in [1.54, 1.807) is 20.5 Å². The van der Waals surface area contributed by atoms with E-state index in [4.69, 9.17) is 4.74 Å². The fraction of sp³-hybridized carbons (Fsp3) is 0.222. The van der Waals surface area contributed by atoms with Crippen LogP contribution in [-0.4, -0.2) is 38.0 Å². The quantitative estimate of drug-likeness (QED) is 0.240. The molecular formula is C18H19K2NO3S-2. The topological polar surface area (TPSA) is 48.4 Å². The van der Waals surface area contributed by atoms with E-state index < -0.39 is 0 Å². The molecular weight excluding hydrogens is 388 g/mol. The van der Waals surface area contributed by atoms with E-state index in [1.807, 2.05) is 31.2 Å². The number of aryl methyl sites for hydroxylation is 1. The fourth-order valence-electron chi connectivity index (χ4n) is 1.69. The summed E-state index contributed by atoms with van der Waals surface area (Å²) in [5.74, 6) is 4.80. The van der Waals surface area contributed by atoms with E-state index in [0.29, 0.717) is 12.4 Å². The van der Waals surface area contributed by atoms with Gasteiger partial charge in [-0.1, -0.05) is 12.7 Å². The molecule has 2 rings (SSSR count). The molecule has 0 atom stereocenters. The molecule has 7 heteroatoms. The zero-order chi connectivity index (χ0) is 17.7. The van der Waals surface area contributed by atoms with Crippen LogP contribution in [0, 0.1) is 19.9 Å². The second-order valence-corrected chi connectivity index (χ2v) is 4.06. The number of rotatable bonds is 4. The molecule has 0 spiro atoms. The molecule has 4 nitrogen and oxygen atoms in total. The fourth-order valence-corrected chi connectivity index (χ4v) is 1.69. The van der Waals surface area contributed by atoms with Gasteiger partial charge in [0.05, 0.1) is 7.11 Å². The molecule has 25 heavy (non-hydrogen) atoms. The Kier molecular flexibility index (Phi) is 24.6. The van der Waals surface area contributed by atoms with Gasteiger partial charge in [-0.25, -0.2) is 12.1 Å². The van der Waals surface area contributed by atoms with Crippen LogP contribution in [0.4, 0.5) is 0 Å². The molecule has 0 saturated heterocycles. The van der Waals surface area contributed by atoms with Crippen LogP contribution in [0.25, 0.3) is 10.9 Å². The van der Waals surface area contributed by atoms with E-state index in [2.05, 4.69) is 40.8 Å². The summed E-state index contributed by atoms with van der Waals surface area (Å²) in [6.07, 6.45) is 5.77. The minimum Gasteiger partial charge on any atom is -0.498 e. The first-order valence-electron chi connectivity index (χ1n) is 6.60. The van der Waals surface area contributed by atoms with Gasteiger partial charge in [-0.05, 0) is 13.2 Å². The molecule has 0 unspecified atom stereocenters. The van der Waals surface area contributed by atoms with Crippen LogP contribution >= 0.6 is 12.2 Å². The van der Waals surface area contributed by atoms with Crippen molar-refractivity contribution in [1.82, 2.24) is 4.98 Å². The zero-order valence-corrected chi connectivity index (χ0v) is 22.5. The summed E-state index contributed by atoms with van der Waals surface area (Å²) < 4.78 is 9.69. The van der Waals surface area contributed by atoms with Gasteiger partial charge in [0, 0.05) is 18.3 Å². The number of ether oxygens (including phenoxy) is 2. The molecule has 0 amide bonds. The van der Waals surface area contributed by atoms with E-state index in [1.165, 1.54) is 6.08 Å². The van der Waals surface area contributed by atoms with E-state index in [-0.39, 0.29) is 103 Å². The number of carbonyl (C=O) groups excluding carboxylic acids is 1. The van der Waals surface area contributed by atoms with Crippen LogP contribution in [0.5, 0.6) is 5.75 Å². The number of fused-ring (bicyclic) bond motifs is 1. The summed E-state index contributed by atoms with van der Waals surface area (Å²) in [6.45, 7) is 5.87. The normalized spacial score (nSPS) is 8.80. The van der Waals surface area contributed by atoms with Crippen molar-refractivity contribution >= 4 is 35.3 Å². The van der Waals surface area contributed by atoms with E-state index >= 15 is 0 Å². The van der Waals surface area contributed by atoms with Crippen molar-refractivity contribution in [1.29, 1.82) is 0 Å². The summed E-state index contributed by atoms with van der Waals surface area (Å²) >= 11 is 3.58. The minimum atomic E-state index is 0. The van der Waals surface area contributed by atoms with Gasteiger partial charge in [0.2, 0.25) is 0 Å². The second kappa shape index (κ2) is 19.9. The van der Waals surface area contributed by atoms with Crippen molar-refractivity contribution < 1.29 is 117 Å². The molecule has 2 aromatic rings. The third-order valence-electron chi connectivity index (χ3n) is 2.67. The summed E-state index contributed by atoms with van der Waals surface area (Å²) in [4.78, 5) is 14.6. The molecule has 0 aliphatic heterocycles. The summed E-state index contributed by atoms with van der Waals surface area (Å²) in [5.41, 5.74) is 2.49. The van der Waals surface area contributed by atoms with Crippen LogP contribution in [-0.2, 0) is 9.53 Å². The van der Waals surface area contributed by atoms with Crippen LogP contribution in [0.3, 0.4) is 0 Å². The van der Waals surface area contributed by atoms with Crippen molar-refractivity contribution in [3.63, 3.8) is 0 Å². The van der Waals surface area contributed by atoms with E-state index in [0.717, 1.165) is 22.2 Å². The number of methoxy groups -OCH3 is 2. The van der Waals surface area contributed by atoms with Gasteiger partial charge in [-0.15, -0.1) is 12.1 Å². The van der Waals surface area contributed by atoms with Gasteiger partial charge < -0.3 is 39.3 Å². The van der Waals surface area contributed by atoms with Crippen molar-refractivity contribution in [2.75, 3.05) is 20.8 Å². The molecule has 0 saturated carbocycles. The maximum absolute atomic E-state index is 10.2. The molecule has 0 aliphatic carbocycles. The van der Waals surface area contributed by atoms with Crippen molar-refractivity contribution in [3.05, 3.63) is 54.6 Å². The maximum atomic E-state index is 10.2. The monoisotopic (exact) mass is 407 g/mol. The number of pyridine rings is 1. The number of thiocarbonyl (C=S) groups is 1. The molecule has 1 aromatic carbocycles. The summed E-state index contributed by atoms with van der Waals surface area (Å²) in [6, 6.07) is 7.51. The van der Waals surface area contributed by atoms with Gasteiger partial charge in [-0.3, -0.25) is 16.6 Å². The Morgan fingerprint density at radius 2 is 1.84 bits per heavy atom. The Bertz CT molecular complexity index is 649. The van der Waals surface area contributed by atoms with Crippen molar-refractivity contribution in [2.45, 2.75) is 6.92 Å².